The molecule has 21 heavy (non-hydrogen) atoms. The topological polar surface area (TPSA) is 38.0 Å². The lowest BCUT2D eigenvalue weighted by atomic mass is 10.1. The molecule has 1 atom stereocenters. The third-order valence-corrected chi connectivity index (χ3v) is 3.39. The summed E-state index contributed by atoms with van der Waals surface area (Å²) in [5.41, 5.74) is 2.71. The molecule has 0 aliphatic rings. The van der Waals surface area contributed by atoms with E-state index in [1.165, 1.54) is 10.7 Å². The van der Waals surface area contributed by atoms with Crippen LogP contribution in [0.4, 0.5) is 4.39 Å². The van der Waals surface area contributed by atoms with Crippen molar-refractivity contribution in [2.24, 2.45) is 0 Å². The van der Waals surface area contributed by atoms with Gasteiger partial charge in [0.2, 0.25) is 0 Å². The number of aromatic nitrogens is 2. The zero-order valence-corrected chi connectivity index (χ0v) is 11.6. The molecule has 0 unspecified atom stereocenters. The lowest BCUT2D eigenvalue weighted by Crippen LogP contribution is -2.05. The molecule has 3 rings (SSSR count). The van der Waals surface area contributed by atoms with Gasteiger partial charge in [-0.25, -0.2) is 9.07 Å². The summed E-state index contributed by atoms with van der Waals surface area (Å²) in [6, 6.07) is 14.4. The first-order valence-corrected chi connectivity index (χ1v) is 6.74. The third kappa shape index (κ3) is 2.58. The van der Waals surface area contributed by atoms with Crippen LogP contribution in [-0.4, -0.2) is 14.9 Å². The van der Waals surface area contributed by atoms with E-state index in [4.69, 9.17) is 0 Å². The van der Waals surface area contributed by atoms with Gasteiger partial charge < -0.3 is 5.11 Å². The molecule has 0 spiro atoms. The highest BCUT2D eigenvalue weighted by Crippen LogP contribution is 2.26. The Hall–Kier alpha value is -2.46. The van der Waals surface area contributed by atoms with Gasteiger partial charge in [0.1, 0.15) is 11.5 Å². The van der Waals surface area contributed by atoms with Crippen LogP contribution in [0.25, 0.3) is 16.8 Å². The first-order chi connectivity index (χ1) is 10.2. The highest BCUT2D eigenvalue weighted by molar-refractivity contribution is 5.62. The molecule has 0 aliphatic heterocycles. The second kappa shape index (κ2) is 5.50. The molecule has 2 aromatic carbocycles. The number of aliphatic hydroxyl groups excluding tert-OH is 1. The van der Waals surface area contributed by atoms with Crippen molar-refractivity contribution in [2.45, 2.75) is 13.0 Å². The average Bonchev–Trinajstić information content (AvgIpc) is 2.97. The minimum absolute atomic E-state index is 0.287. The van der Waals surface area contributed by atoms with Gasteiger partial charge >= 0.3 is 0 Å². The van der Waals surface area contributed by atoms with Crippen molar-refractivity contribution in [3.8, 4) is 16.8 Å². The molecule has 0 aliphatic carbocycles. The summed E-state index contributed by atoms with van der Waals surface area (Å²) in [5.74, 6) is -0.406. The first kappa shape index (κ1) is 13.5. The lowest BCUT2D eigenvalue weighted by Gasteiger charge is -2.12. The zero-order valence-electron chi connectivity index (χ0n) is 11.6. The Bertz CT molecular complexity index is 750. The maximum Gasteiger partial charge on any atom is 0.149 e. The van der Waals surface area contributed by atoms with Crippen molar-refractivity contribution in [3.05, 3.63) is 72.3 Å². The number of aliphatic hydroxyl groups is 1. The number of benzene rings is 2. The van der Waals surface area contributed by atoms with Gasteiger partial charge in [-0.05, 0) is 18.6 Å². The number of hydrogen-bond acceptors (Lipinski definition) is 2. The molecule has 106 valence electrons. The summed E-state index contributed by atoms with van der Waals surface area (Å²) in [6.45, 7) is 1.61. The van der Waals surface area contributed by atoms with E-state index >= 15 is 0 Å². The number of hydrogen-bond donors (Lipinski definition) is 1. The van der Waals surface area contributed by atoms with Gasteiger partial charge in [0, 0.05) is 17.3 Å². The van der Waals surface area contributed by atoms with Crippen LogP contribution in [0.1, 0.15) is 18.6 Å². The minimum Gasteiger partial charge on any atom is -0.389 e. The highest BCUT2D eigenvalue weighted by atomic mass is 19.1. The van der Waals surface area contributed by atoms with E-state index in [1.54, 1.807) is 31.5 Å². The molecular weight excluding hydrogens is 267 g/mol. The molecule has 3 aromatic rings. The van der Waals surface area contributed by atoms with Gasteiger partial charge in [0.05, 0.1) is 12.3 Å². The minimum atomic E-state index is -0.764. The van der Waals surface area contributed by atoms with Crippen molar-refractivity contribution in [2.75, 3.05) is 0 Å². The van der Waals surface area contributed by atoms with Crippen LogP contribution < -0.4 is 0 Å². The Kier molecular flexibility index (Phi) is 3.54. The fraction of sp³-hybridized carbons (Fsp3) is 0.118. The summed E-state index contributed by atoms with van der Waals surface area (Å²) >= 11 is 0. The third-order valence-electron chi connectivity index (χ3n) is 3.39. The Labute approximate surface area is 122 Å². The quantitative estimate of drug-likeness (QED) is 0.795. The maximum absolute atomic E-state index is 14.1. The molecular formula is C17H15FN2O. The van der Waals surface area contributed by atoms with Crippen molar-refractivity contribution in [3.63, 3.8) is 0 Å². The largest absolute Gasteiger partial charge is 0.389 e. The zero-order chi connectivity index (χ0) is 14.8. The Balaban J connectivity index is 2.09. The normalized spacial score (nSPS) is 12.3. The molecule has 0 bridgehead atoms. The van der Waals surface area contributed by atoms with E-state index in [-0.39, 0.29) is 5.69 Å². The number of nitrogens with zero attached hydrogens (tertiary/aromatic N) is 2. The van der Waals surface area contributed by atoms with E-state index in [2.05, 4.69) is 5.10 Å². The van der Waals surface area contributed by atoms with Crippen LogP contribution in [0.3, 0.4) is 0 Å². The monoisotopic (exact) mass is 282 g/mol. The van der Waals surface area contributed by atoms with Crippen molar-refractivity contribution < 1.29 is 9.50 Å². The van der Waals surface area contributed by atoms with Gasteiger partial charge in [-0.2, -0.15) is 5.10 Å². The predicted molar refractivity (Wildman–Crippen MR) is 79.6 cm³/mol. The van der Waals surface area contributed by atoms with Crippen molar-refractivity contribution in [1.29, 1.82) is 0 Å². The number of halogens is 1. The standard InChI is InChI=1S/C17H15FN2O/c1-12(21)15-8-5-9-16(18)17(15)20-11-14(10-19-20)13-6-3-2-4-7-13/h2-12,21H,1H3/t12-/m0/s1. The van der Waals surface area contributed by atoms with Gasteiger partial charge in [-0.15, -0.1) is 0 Å². The summed E-state index contributed by atoms with van der Waals surface area (Å²) in [4.78, 5) is 0. The second-order valence-corrected chi connectivity index (χ2v) is 4.89. The smallest absolute Gasteiger partial charge is 0.149 e. The molecule has 4 heteroatoms. The summed E-state index contributed by atoms with van der Waals surface area (Å²) in [6.07, 6.45) is 2.69. The maximum atomic E-state index is 14.1. The van der Waals surface area contributed by atoms with Gasteiger partial charge in [0.15, 0.2) is 0 Å². The van der Waals surface area contributed by atoms with Gasteiger partial charge in [-0.1, -0.05) is 42.5 Å². The molecule has 0 amide bonds. The molecule has 3 nitrogen and oxygen atoms in total. The van der Waals surface area contributed by atoms with Crippen LogP contribution in [-0.2, 0) is 0 Å². The number of rotatable bonds is 3. The van der Waals surface area contributed by atoms with E-state index < -0.39 is 11.9 Å². The molecule has 0 saturated heterocycles. The Morgan fingerprint density at radius 3 is 2.52 bits per heavy atom. The molecule has 1 N–H and O–H groups in total. The second-order valence-electron chi connectivity index (χ2n) is 4.89. The van der Waals surface area contributed by atoms with Crippen LogP contribution >= 0.6 is 0 Å². The summed E-state index contributed by atoms with van der Waals surface area (Å²) < 4.78 is 15.6. The number of para-hydroxylation sites is 1. The van der Waals surface area contributed by atoms with Crippen molar-refractivity contribution >= 4 is 0 Å². The predicted octanol–water partition coefficient (Wildman–Crippen LogP) is 3.73. The SMILES string of the molecule is C[C@H](O)c1cccc(F)c1-n1cc(-c2ccccc2)cn1. The molecule has 1 heterocycles. The highest BCUT2D eigenvalue weighted by Gasteiger charge is 2.15. The average molecular weight is 282 g/mol. The lowest BCUT2D eigenvalue weighted by molar-refractivity contribution is 0.198. The van der Waals surface area contributed by atoms with Crippen LogP contribution in [0.2, 0.25) is 0 Å². The van der Waals surface area contributed by atoms with Crippen LogP contribution in [0.15, 0.2) is 60.9 Å². The van der Waals surface area contributed by atoms with E-state index in [1.807, 2.05) is 30.3 Å². The van der Waals surface area contributed by atoms with Crippen LogP contribution in [0, 0.1) is 5.82 Å². The fourth-order valence-corrected chi connectivity index (χ4v) is 2.34. The van der Waals surface area contributed by atoms with Gasteiger partial charge in [-0.3, -0.25) is 0 Å². The van der Waals surface area contributed by atoms with E-state index in [0.717, 1.165) is 11.1 Å². The Morgan fingerprint density at radius 1 is 1.05 bits per heavy atom. The van der Waals surface area contributed by atoms with Crippen molar-refractivity contribution in [1.82, 2.24) is 9.78 Å². The first-order valence-electron chi connectivity index (χ1n) is 6.74. The van der Waals surface area contributed by atoms with E-state index in [0.29, 0.717) is 5.56 Å². The van der Waals surface area contributed by atoms with E-state index in [9.17, 15) is 9.50 Å². The Morgan fingerprint density at radius 2 is 1.81 bits per heavy atom. The summed E-state index contributed by atoms with van der Waals surface area (Å²) in [7, 11) is 0. The summed E-state index contributed by atoms with van der Waals surface area (Å²) in [5, 5.41) is 14.0. The fourth-order valence-electron chi connectivity index (χ4n) is 2.34. The molecule has 1 aromatic heterocycles. The van der Waals surface area contributed by atoms with Crippen LogP contribution in [0.5, 0.6) is 0 Å². The molecule has 0 saturated carbocycles. The molecule has 0 radical (unpaired) electrons. The molecule has 0 fully saturated rings. The van der Waals surface area contributed by atoms with Gasteiger partial charge in [0.25, 0.3) is 0 Å².